The van der Waals surface area contributed by atoms with Gasteiger partial charge in [-0.05, 0) is 0 Å². The topological polar surface area (TPSA) is 17.1 Å². The molecule has 0 radical (unpaired) electrons. The molecular formula is C13H13OPSe. The average molecular weight is 295 g/mol. The Kier molecular flexibility index (Phi) is 3.66. The third-order valence-electron chi connectivity index (χ3n) is 2.45. The zero-order valence-electron chi connectivity index (χ0n) is 9.04. The Hall–Kier alpha value is -0.811. The fourth-order valence-corrected chi connectivity index (χ4v) is 7.64. The zero-order valence-corrected chi connectivity index (χ0v) is 11.6. The van der Waals surface area contributed by atoms with E-state index in [4.69, 9.17) is 0 Å². The van der Waals surface area contributed by atoms with Crippen molar-refractivity contribution in [3.05, 3.63) is 60.7 Å². The van der Waals surface area contributed by atoms with E-state index in [1.165, 1.54) is 0 Å². The molecule has 0 amide bonds. The Labute approximate surface area is 102 Å². The molecule has 0 aliphatic rings. The molecule has 82 valence electrons. The molecule has 0 aliphatic carbocycles. The molecule has 16 heavy (non-hydrogen) atoms. The van der Waals surface area contributed by atoms with Crippen LogP contribution in [0.3, 0.4) is 0 Å². The Morgan fingerprint density at radius 2 is 1.19 bits per heavy atom. The van der Waals surface area contributed by atoms with Gasteiger partial charge in [0.1, 0.15) is 0 Å². The average Bonchev–Trinajstić information content (AvgIpc) is 2.40. The Morgan fingerprint density at radius 3 is 1.50 bits per heavy atom. The van der Waals surface area contributed by atoms with Gasteiger partial charge in [0.25, 0.3) is 0 Å². The molecule has 2 rings (SSSR count). The maximum atomic E-state index is 13.0. The summed E-state index contributed by atoms with van der Waals surface area (Å²) in [6.45, 7) is 0. The van der Waals surface area contributed by atoms with Crippen LogP contribution in [0.15, 0.2) is 60.7 Å². The van der Waals surface area contributed by atoms with E-state index in [1.807, 2.05) is 66.5 Å². The van der Waals surface area contributed by atoms with Crippen molar-refractivity contribution in [3.8, 4) is 0 Å². The van der Waals surface area contributed by atoms with Gasteiger partial charge < -0.3 is 0 Å². The van der Waals surface area contributed by atoms with Crippen LogP contribution in [0.4, 0.5) is 0 Å². The summed E-state index contributed by atoms with van der Waals surface area (Å²) >= 11 is 0.0930. The predicted octanol–water partition coefficient (Wildman–Crippen LogP) is 2.67. The van der Waals surface area contributed by atoms with Crippen LogP contribution >= 0.6 is 5.83 Å². The fourth-order valence-electron chi connectivity index (χ4n) is 1.61. The van der Waals surface area contributed by atoms with Crippen molar-refractivity contribution < 1.29 is 4.57 Å². The monoisotopic (exact) mass is 296 g/mol. The van der Waals surface area contributed by atoms with Gasteiger partial charge in [-0.1, -0.05) is 0 Å². The van der Waals surface area contributed by atoms with Crippen LogP contribution in [0.5, 0.6) is 0 Å². The second-order valence-electron chi connectivity index (χ2n) is 3.41. The summed E-state index contributed by atoms with van der Waals surface area (Å²) in [7, 11) is 0. The second kappa shape index (κ2) is 5.01. The van der Waals surface area contributed by atoms with E-state index < -0.39 is 5.83 Å². The van der Waals surface area contributed by atoms with Gasteiger partial charge in [0, 0.05) is 0 Å². The summed E-state index contributed by atoms with van der Waals surface area (Å²) in [6.07, 6.45) is 0. The van der Waals surface area contributed by atoms with Crippen LogP contribution in [0.1, 0.15) is 0 Å². The number of benzene rings is 2. The van der Waals surface area contributed by atoms with Crippen molar-refractivity contribution in [2.75, 3.05) is 0 Å². The number of hydrogen-bond acceptors (Lipinski definition) is 1. The van der Waals surface area contributed by atoms with Crippen molar-refractivity contribution in [3.63, 3.8) is 0 Å². The molecule has 0 bridgehead atoms. The molecule has 0 N–H and O–H groups in total. The Morgan fingerprint density at radius 1 is 0.812 bits per heavy atom. The minimum absolute atomic E-state index is 0.0930. The molecular weight excluding hydrogens is 282 g/mol. The Bertz CT molecular complexity index is 452. The molecule has 2 aromatic carbocycles. The van der Waals surface area contributed by atoms with Crippen LogP contribution in [-0.4, -0.2) is 14.5 Å². The molecule has 0 spiro atoms. The van der Waals surface area contributed by atoms with Crippen molar-refractivity contribution in [1.29, 1.82) is 0 Å². The predicted molar refractivity (Wildman–Crippen MR) is 71.4 cm³/mol. The first-order valence-electron chi connectivity index (χ1n) is 5.04. The Balaban J connectivity index is 2.54. The first-order valence-corrected chi connectivity index (χ1v) is 10.7. The SMILES string of the molecule is C[Se]P(=O)(c1ccccc1)c1ccccc1. The van der Waals surface area contributed by atoms with Crippen LogP contribution in [0.2, 0.25) is 5.82 Å². The van der Waals surface area contributed by atoms with Crippen LogP contribution in [0.25, 0.3) is 0 Å². The van der Waals surface area contributed by atoms with Gasteiger partial charge in [-0.25, -0.2) is 0 Å². The van der Waals surface area contributed by atoms with Crippen molar-refractivity contribution in [2.45, 2.75) is 5.82 Å². The fraction of sp³-hybridized carbons (Fsp3) is 0.0769. The molecule has 0 saturated heterocycles. The van der Waals surface area contributed by atoms with Crippen LogP contribution in [0, 0.1) is 0 Å². The van der Waals surface area contributed by atoms with Gasteiger partial charge >= 0.3 is 102 Å². The molecule has 0 heterocycles. The van der Waals surface area contributed by atoms with Crippen molar-refractivity contribution in [2.24, 2.45) is 0 Å². The molecule has 3 heteroatoms. The third-order valence-corrected chi connectivity index (χ3v) is 10.8. The maximum absolute atomic E-state index is 13.0. The molecule has 0 aromatic heterocycles. The third kappa shape index (κ3) is 2.15. The van der Waals surface area contributed by atoms with Gasteiger partial charge in [0.2, 0.25) is 0 Å². The zero-order chi connectivity index (χ0) is 11.4. The van der Waals surface area contributed by atoms with E-state index in [0.717, 1.165) is 10.6 Å². The summed E-state index contributed by atoms with van der Waals surface area (Å²) in [5.74, 6) is -0.293. The van der Waals surface area contributed by atoms with E-state index in [-0.39, 0.29) is 14.5 Å². The molecule has 0 unspecified atom stereocenters. The van der Waals surface area contributed by atoms with E-state index in [2.05, 4.69) is 0 Å². The number of hydrogen-bond donors (Lipinski definition) is 0. The first-order chi connectivity index (χ1) is 7.77. The standard InChI is InChI=1S/C13H13OPSe/c1-16-15(14,12-8-4-2-5-9-12)13-10-6-3-7-11-13/h2-11H,1H3. The van der Waals surface area contributed by atoms with Gasteiger partial charge in [0.05, 0.1) is 0 Å². The molecule has 0 fully saturated rings. The van der Waals surface area contributed by atoms with E-state index >= 15 is 0 Å². The summed E-state index contributed by atoms with van der Waals surface area (Å²) in [5, 5.41) is 1.95. The van der Waals surface area contributed by atoms with Gasteiger partial charge in [-0.15, -0.1) is 0 Å². The molecule has 0 atom stereocenters. The quantitative estimate of drug-likeness (QED) is 0.628. The van der Waals surface area contributed by atoms with Crippen molar-refractivity contribution >= 4 is 31.0 Å². The van der Waals surface area contributed by atoms with Gasteiger partial charge in [-0.3, -0.25) is 0 Å². The minimum atomic E-state index is -2.34. The summed E-state index contributed by atoms with van der Waals surface area (Å²) < 4.78 is 13.0. The van der Waals surface area contributed by atoms with Crippen molar-refractivity contribution in [1.82, 2.24) is 0 Å². The molecule has 0 saturated carbocycles. The van der Waals surface area contributed by atoms with Crippen LogP contribution in [-0.2, 0) is 4.57 Å². The molecule has 0 aliphatic heterocycles. The van der Waals surface area contributed by atoms with E-state index in [9.17, 15) is 4.57 Å². The number of rotatable bonds is 3. The normalized spacial score (nSPS) is 11.3. The summed E-state index contributed by atoms with van der Waals surface area (Å²) in [4.78, 5) is 0. The molecule has 2 aromatic rings. The second-order valence-corrected chi connectivity index (χ2v) is 11.4. The first kappa shape index (κ1) is 11.7. The van der Waals surface area contributed by atoms with Gasteiger partial charge in [-0.2, -0.15) is 0 Å². The molecule has 1 nitrogen and oxygen atoms in total. The summed E-state index contributed by atoms with van der Waals surface area (Å²) in [5.41, 5.74) is 0. The summed E-state index contributed by atoms with van der Waals surface area (Å²) in [6, 6.07) is 19.6. The van der Waals surface area contributed by atoms with Gasteiger partial charge in [0.15, 0.2) is 0 Å². The van der Waals surface area contributed by atoms with Crippen LogP contribution < -0.4 is 10.6 Å². The van der Waals surface area contributed by atoms with E-state index in [0.29, 0.717) is 0 Å². The van der Waals surface area contributed by atoms with E-state index in [1.54, 1.807) is 0 Å².